The minimum Gasteiger partial charge on any atom is -0.496 e. The first-order chi connectivity index (χ1) is 16.6. The molecular formula is C25H23F3N2O4S. The van der Waals surface area contributed by atoms with Crippen LogP contribution in [0, 0.1) is 0 Å². The lowest BCUT2D eigenvalue weighted by Gasteiger charge is -2.14. The highest BCUT2D eigenvalue weighted by Gasteiger charge is 2.30. The van der Waals surface area contributed by atoms with Crippen LogP contribution in [0.15, 0.2) is 71.6 Å². The Morgan fingerprint density at radius 2 is 1.46 bits per heavy atom. The van der Waals surface area contributed by atoms with Crippen molar-refractivity contribution in [1.82, 2.24) is 0 Å². The second-order valence-electron chi connectivity index (χ2n) is 7.34. The van der Waals surface area contributed by atoms with E-state index in [1.54, 1.807) is 49.4 Å². The predicted octanol–water partition coefficient (Wildman–Crippen LogP) is 6.09. The topological polar surface area (TPSA) is 76.7 Å². The fourth-order valence-electron chi connectivity index (χ4n) is 3.16. The molecule has 184 valence electrons. The number of hydrogen-bond acceptors (Lipinski definition) is 5. The summed E-state index contributed by atoms with van der Waals surface area (Å²) in [6, 6.07) is 16.3. The van der Waals surface area contributed by atoms with Crippen LogP contribution < -0.4 is 20.1 Å². The van der Waals surface area contributed by atoms with Gasteiger partial charge in [0, 0.05) is 16.3 Å². The van der Waals surface area contributed by atoms with Crippen LogP contribution in [0.3, 0.4) is 0 Å². The number of ether oxygens (including phenoxy) is 2. The zero-order chi connectivity index (χ0) is 25.6. The number of anilines is 2. The zero-order valence-electron chi connectivity index (χ0n) is 19.1. The Morgan fingerprint density at radius 1 is 0.857 bits per heavy atom. The molecule has 6 nitrogen and oxygen atoms in total. The number of rotatable bonds is 8. The van der Waals surface area contributed by atoms with Crippen LogP contribution in [0.25, 0.3) is 0 Å². The molecule has 0 bridgehead atoms. The van der Waals surface area contributed by atoms with Gasteiger partial charge in [-0.2, -0.15) is 13.2 Å². The van der Waals surface area contributed by atoms with Crippen molar-refractivity contribution in [2.45, 2.75) is 23.2 Å². The van der Waals surface area contributed by atoms with E-state index >= 15 is 0 Å². The standard InChI is InChI=1S/C25H23F3N2O4S/c1-15(23(31)30-18-7-4-6-16(14-18)25(26,27)28)35-19-12-10-17(11-13-19)29-24(32)22-20(33-2)8-5-9-21(22)34-3/h4-15H,1-3H3,(H,29,32)(H,30,31). The fourth-order valence-corrected chi connectivity index (χ4v) is 4.03. The van der Waals surface area contributed by atoms with Crippen molar-refractivity contribution in [3.63, 3.8) is 0 Å². The Hall–Kier alpha value is -3.66. The van der Waals surface area contributed by atoms with Gasteiger partial charge in [0.25, 0.3) is 5.91 Å². The first-order valence-electron chi connectivity index (χ1n) is 10.4. The third kappa shape index (κ3) is 6.69. The van der Waals surface area contributed by atoms with Crippen LogP contribution in [0.1, 0.15) is 22.8 Å². The summed E-state index contributed by atoms with van der Waals surface area (Å²) in [5.74, 6) is -0.104. The van der Waals surface area contributed by atoms with E-state index in [0.29, 0.717) is 17.2 Å². The van der Waals surface area contributed by atoms with Gasteiger partial charge in [0.05, 0.1) is 25.0 Å². The normalized spacial score (nSPS) is 11.9. The Balaban J connectivity index is 1.62. The summed E-state index contributed by atoms with van der Waals surface area (Å²) in [7, 11) is 2.92. The first kappa shape index (κ1) is 26.0. The van der Waals surface area contributed by atoms with E-state index < -0.39 is 28.8 Å². The predicted molar refractivity (Wildman–Crippen MR) is 129 cm³/mol. The van der Waals surface area contributed by atoms with Crippen molar-refractivity contribution in [1.29, 1.82) is 0 Å². The summed E-state index contributed by atoms with van der Waals surface area (Å²) in [4.78, 5) is 26.0. The monoisotopic (exact) mass is 504 g/mol. The van der Waals surface area contributed by atoms with Crippen molar-refractivity contribution >= 4 is 35.0 Å². The van der Waals surface area contributed by atoms with Gasteiger partial charge in [0.2, 0.25) is 5.91 Å². The maximum absolute atomic E-state index is 12.9. The average Bonchev–Trinajstić information content (AvgIpc) is 2.84. The molecule has 0 spiro atoms. The largest absolute Gasteiger partial charge is 0.496 e. The third-order valence-corrected chi connectivity index (χ3v) is 6.02. The highest BCUT2D eigenvalue weighted by Crippen LogP contribution is 2.32. The summed E-state index contributed by atoms with van der Waals surface area (Å²) < 4.78 is 49.2. The van der Waals surface area contributed by atoms with E-state index in [9.17, 15) is 22.8 Å². The molecule has 0 radical (unpaired) electrons. The van der Waals surface area contributed by atoms with Gasteiger partial charge in [-0.1, -0.05) is 12.1 Å². The van der Waals surface area contributed by atoms with Gasteiger partial charge in [0.15, 0.2) is 0 Å². The van der Waals surface area contributed by atoms with Crippen LogP contribution in [0.2, 0.25) is 0 Å². The second kappa shape index (κ2) is 11.2. The summed E-state index contributed by atoms with van der Waals surface area (Å²) in [5, 5.41) is 4.71. The number of benzene rings is 3. The molecule has 1 unspecified atom stereocenters. The molecule has 10 heteroatoms. The maximum Gasteiger partial charge on any atom is 0.416 e. The molecule has 0 aromatic heterocycles. The van der Waals surface area contributed by atoms with Gasteiger partial charge >= 0.3 is 6.18 Å². The Bertz CT molecular complexity index is 1180. The summed E-state index contributed by atoms with van der Waals surface area (Å²) in [6.45, 7) is 1.65. The molecule has 2 N–H and O–H groups in total. The maximum atomic E-state index is 12.9. The third-order valence-electron chi connectivity index (χ3n) is 4.91. The van der Waals surface area contributed by atoms with Crippen LogP contribution in [-0.4, -0.2) is 31.3 Å². The molecule has 3 aromatic rings. The lowest BCUT2D eigenvalue weighted by Crippen LogP contribution is -2.22. The number of thioether (sulfide) groups is 1. The van der Waals surface area contributed by atoms with E-state index in [2.05, 4.69) is 10.6 Å². The summed E-state index contributed by atoms with van der Waals surface area (Å²) >= 11 is 1.23. The molecule has 0 saturated heterocycles. The fraction of sp³-hybridized carbons (Fsp3) is 0.200. The van der Waals surface area contributed by atoms with Gasteiger partial charge in [-0.05, 0) is 61.5 Å². The quantitative estimate of drug-likeness (QED) is 0.363. The van der Waals surface area contributed by atoms with Crippen LogP contribution in [0.4, 0.5) is 24.5 Å². The van der Waals surface area contributed by atoms with Crippen molar-refractivity contribution in [2.75, 3.05) is 24.9 Å². The van der Waals surface area contributed by atoms with Crippen molar-refractivity contribution in [3.05, 3.63) is 77.9 Å². The smallest absolute Gasteiger partial charge is 0.416 e. The molecule has 35 heavy (non-hydrogen) atoms. The molecule has 0 saturated carbocycles. The van der Waals surface area contributed by atoms with Gasteiger partial charge in [0.1, 0.15) is 17.1 Å². The highest BCUT2D eigenvalue weighted by atomic mass is 32.2. The van der Waals surface area contributed by atoms with Crippen molar-refractivity contribution in [3.8, 4) is 11.5 Å². The molecule has 0 fully saturated rings. The molecule has 3 rings (SSSR count). The Labute approximate surface area is 204 Å². The van der Waals surface area contributed by atoms with E-state index in [4.69, 9.17) is 9.47 Å². The van der Waals surface area contributed by atoms with Gasteiger partial charge in [-0.25, -0.2) is 0 Å². The minimum absolute atomic E-state index is 0.0714. The molecule has 3 aromatic carbocycles. The second-order valence-corrected chi connectivity index (χ2v) is 8.76. The number of amides is 2. The molecule has 0 aliphatic carbocycles. The lowest BCUT2D eigenvalue weighted by molar-refractivity contribution is -0.137. The number of nitrogens with one attached hydrogen (secondary N) is 2. The Morgan fingerprint density at radius 3 is 2.03 bits per heavy atom. The van der Waals surface area contributed by atoms with Gasteiger partial charge in [-0.3, -0.25) is 9.59 Å². The van der Waals surface area contributed by atoms with Crippen molar-refractivity contribution in [2.24, 2.45) is 0 Å². The van der Waals surface area contributed by atoms with Crippen molar-refractivity contribution < 1.29 is 32.2 Å². The molecule has 2 amide bonds. The van der Waals surface area contributed by atoms with E-state index in [0.717, 1.165) is 17.0 Å². The number of alkyl halides is 3. The van der Waals surface area contributed by atoms with Gasteiger partial charge < -0.3 is 20.1 Å². The first-order valence-corrected chi connectivity index (χ1v) is 11.3. The molecule has 0 aliphatic heterocycles. The van der Waals surface area contributed by atoms with E-state index in [1.807, 2.05) is 0 Å². The van der Waals surface area contributed by atoms with Crippen LogP contribution >= 0.6 is 11.8 Å². The molecule has 0 heterocycles. The number of hydrogen-bond donors (Lipinski definition) is 2. The minimum atomic E-state index is -4.49. The Kier molecular flexibility index (Phi) is 8.29. The molecule has 1 atom stereocenters. The number of carbonyl (C=O) groups is 2. The number of halogens is 3. The molecule has 0 aliphatic rings. The zero-order valence-corrected chi connectivity index (χ0v) is 19.9. The van der Waals surface area contributed by atoms with E-state index in [1.165, 1.54) is 38.1 Å². The summed E-state index contributed by atoms with van der Waals surface area (Å²) in [5.41, 5.74) is 0.0188. The van der Waals surface area contributed by atoms with Gasteiger partial charge in [-0.15, -0.1) is 11.8 Å². The lowest BCUT2D eigenvalue weighted by atomic mass is 10.1. The number of carbonyl (C=O) groups excluding carboxylic acids is 2. The highest BCUT2D eigenvalue weighted by molar-refractivity contribution is 8.00. The molecular weight excluding hydrogens is 481 g/mol. The number of methoxy groups -OCH3 is 2. The summed E-state index contributed by atoms with van der Waals surface area (Å²) in [6.07, 6.45) is -4.49. The average molecular weight is 505 g/mol. The SMILES string of the molecule is COc1cccc(OC)c1C(=O)Nc1ccc(SC(C)C(=O)Nc2cccc(C(F)(F)F)c2)cc1. The van der Waals surface area contributed by atoms with E-state index in [-0.39, 0.29) is 11.3 Å². The van der Waals surface area contributed by atoms with Crippen LogP contribution in [0.5, 0.6) is 11.5 Å². The van der Waals surface area contributed by atoms with Crippen LogP contribution in [-0.2, 0) is 11.0 Å².